The predicted molar refractivity (Wildman–Crippen MR) is 65.4 cm³/mol. The Bertz CT molecular complexity index is 617. The van der Waals surface area contributed by atoms with Crippen molar-refractivity contribution in [3.63, 3.8) is 0 Å². The summed E-state index contributed by atoms with van der Waals surface area (Å²) < 4.78 is 37.3. The third kappa shape index (κ3) is 2.65. The van der Waals surface area contributed by atoms with Crippen molar-refractivity contribution < 1.29 is 12.8 Å². The fourth-order valence-electron chi connectivity index (χ4n) is 1.87. The molecule has 0 aromatic heterocycles. The molecule has 1 aromatic carbocycles. The Morgan fingerprint density at radius 1 is 1.44 bits per heavy atom. The van der Waals surface area contributed by atoms with Crippen molar-refractivity contribution in [3.05, 3.63) is 29.0 Å². The van der Waals surface area contributed by atoms with Crippen molar-refractivity contribution in [2.24, 2.45) is 5.41 Å². The van der Waals surface area contributed by atoms with Crippen molar-refractivity contribution in [2.45, 2.75) is 24.2 Å². The largest absolute Gasteiger partial charge is 0.224 e. The monoisotopic (exact) mass is 287 g/mol. The molecule has 2 rings (SSSR count). The van der Waals surface area contributed by atoms with Crippen LogP contribution in [0.4, 0.5) is 4.39 Å². The molecule has 6 heteroatoms. The molecule has 0 unspecified atom stereocenters. The molecule has 96 valence electrons. The van der Waals surface area contributed by atoms with E-state index < -0.39 is 21.1 Å². The number of hydrogen-bond acceptors (Lipinski definition) is 3. The van der Waals surface area contributed by atoms with E-state index in [4.69, 9.17) is 16.9 Å². The molecular formula is C12H11ClFNO2S. The minimum absolute atomic E-state index is 0.0121. The molecule has 1 saturated carbocycles. The lowest BCUT2D eigenvalue weighted by atomic mass is 10.1. The molecule has 1 fully saturated rings. The molecule has 0 heterocycles. The zero-order valence-corrected chi connectivity index (χ0v) is 11.1. The van der Waals surface area contributed by atoms with E-state index in [0.29, 0.717) is 0 Å². The maximum atomic E-state index is 13.0. The van der Waals surface area contributed by atoms with Crippen molar-refractivity contribution in [2.75, 3.05) is 5.75 Å². The number of rotatable bonds is 4. The van der Waals surface area contributed by atoms with Crippen molar-refractivity contribution in [1.29, 1.82) is 5.26 Å². The lowest BCUT2D eigenvalue weighted by Crippen LogP contribution is -2.17. The van der Waals surface area contributed by atoms with Crippen molar-refractivity contribution in [3.8, 4) is 6.07 Å². The first-order valence-corrected chi connectivity index (χ1v) is 7.46. The molecule has 18 heavy (non-hydrogen) atoms. The average Bonchev–Trinajstić information content (AvgIpc) is 3.01. The highest BCUT2D eigenvalue weighted by Crippen LogP contribution is 2.50. The van der Waals surface area contributed by atoms with Gasteiger partial charge in [-0.15, -0.1) is 0 Å². The molecule has 1 aromatic rings. The smallest absolute Gasteiger partial charge is 0.179 e. The van der Waals surface area contributed by atoms with Gasteiger partial charge in [-0.1, -0.05) is 11.6 Å². The highest BCUT2D eigenvalue weighted by Gasteiger charge is 2.46. The number of benzene rings is 1. The van der Waals surface area contributed by atoms with Crippen LogP contribution >= 0.6 is 11.6 Å². The predicted octanol–water partition coefficient (Wildman–Crippen LogP) is 2.95. The van der Waals surface area contributed by atoms with Gasteiger partial charge < -0.3 is 0 Å². The van der Waals surface area contributed by atoms with Crippen LogP contribution in [-0.2, 0) is 9.84 Å². The fourth-order valence-corrected chi connectivity index (χ4v) is 4.05. The molecule has 0 N–H and O–H groups in total. The second kappa shape index (κ2) is 4.52. The van der Waals surface area contributed by atoms with Crippen LogP contribution in [0, 0.1) is 22.6 Å². The molecule has 0 spiro atoms. The van der Waals surface area contributed by atoms with Gasteiger partial charge in [0.15, 0.2) is 9.84 Å². The molecule has 0 radical (unpaired) electrons. The number of halogens is 2. The quantitative estimate of drug-likeness (QED) is 0.800. The van der Waals surface area contributed by atoms with Gasteiger partial charge in [-0.25, -0.2) is 12.8 Å². The van der Waals surface area contributed by atoms with E-state index in [9.17, 15) is 12.8 Å². The summed E-state index contributed by atoms with van der Waals surface area (Å²) in [5, 5.41) is 8.47. The zero-order valence-electron chi connectivity index (χ0n) is 9.49. The van der Waals surface area contributed by atoms with Gasteiger partial charge in [0, 0.05) is 6.42 Å². The Morgan fingerprint density at radius 3 is 2.61 bits per heavy atom. The van der Waals surface area contributed by atoms with Crippen LogP contribution in [0.1, 0.15) is 19.3 Å². The van der Waals surface area contributed by atoms with E-state index >= 15 is 0 Å². The van der Waals surface area contributed by atoms with Gasteiger partial charge in [0.25, 0.3) is 0 Å². The van der Waals surface area contributed by atoms with Crippen molar-refractivity contribution in [1.82, 2.24) is 0 Å². The number of sulfone groups is 1. The van der Waals surface area contributed by atoms with Crippen LogP contribution in [0.25, 0.3) is 0 Å². The lowest BCUT2D eigenvalue weighted by Gasteiger charge is -2.11. The van der Waals surface area contributed by atoms with Gasteiger partial charge in [-0.05, 0) is 36.5 Å². The van der Waals surface area contributed by atoms with Gasteiger partial charge in [0.1, 0.15) is 5.82 Å². The number of hydrogen-bond donors (Lipinski definition) is 0. The van der Waals surface area contributed by atoms with Crippen LogP contribution in [0.15, 0.2) is 23.1 Å². The topological polar surface area (TPSA) is 57.9 Å². The summed E-state index contributed by atoms with van der Waals surface area (Å²) in [7, 11) is -3.52. The maximum Gasteiger partial charge on any atom is 0.179 e. The average molecular weight is 288 g/mol. The zero-order chi connectivity index (χ0) is 13.4. The summed E-state index contributed by atoms with van der Waals surface area (Å²) >= 11 is 5.58. The van der Waals surface area contributed by atoms with E-state index in [0.717, 1.165) is 25.0 Å². The third-order valence-corrected chi connectivity index (χ3v) is 5.41. The standard InChI is InChI=1S/C12H11ClFNO2S/c13-10-7-9(1-2-11(10)14)18(16,17)8-12(3-4-12)5-6-15/h1-2,7H,3-5,8H2. The van der Waals surface area contributed by atoms with Crippen LogP contribution < -0.4 is 0 Å². The molecular weight excluding hydrogens is 277 g/mol. The number of nitrogens with zero attached hydrogens (tertiary/aromatic N) is 1. The summed E-state index contributed by atoms with van der Waals surface area (Å²) in [6.45, 7) is 0. The SMILES string of the molecule is N#CCC1(CS(=O)(=O)c2ccc(F)c(Cl)c2)CC1. The summed E-state index contributed by atoms with van der Waals surface area (Å²) in [5.41, 5.74) is -0.408. The molecule has 0 aliphatic heterocycles. The third-order valence-electron chi connectivity index (χ3n) is 3.16. The molecule has 1 aliphatic carbocycles. The highest BCUT2D eigenvalue weighted by molar-refractivity contribution is 7.91. The normalized spacial score (nSPS) is 17.2. The van der Waals surface area contributed by atoms with Crippen LogP contribution in [0.3, 0.4) is 0 Å². The summed E-state index contributed by atoms with van der Waals surface area (Å²) in [5.74, 6) is -0.719. The maximum absolute atomic E-state index is 13.0. The molecule has 0 amide bonds. The van der Waals surface area contributed by atoms with E-state index in [-0.39, 0.29) is 22.1 Å². The van der Waals surface area contributed by atoms with Gasteiger partial charge in [-0.2, -0.15) is 5.26 Å². The van der Waals surface area contributed by atoms with Crippen molar-refractivity contribution >= 4 is 21.4 Å². The van der Waals surface area contributed by atoms with E-state index in [1.165, 1.54) is 6.07 Å². The van der Waals surface area contributed by atoms with Gasteiger partial charge in [0.05, 0.1) is 21.7 Å². The Kier molecular flexibility index (Phi) is 3.35. The molecule has 3 nitrogen and oxygen atoms in total. The van der Waals surface area contributed by atoms with Gasteiger partial charge in [0.2, 0.25) is 0 Å². The van der Waals surface area contributed by atoms with Gasteiger partial charge >= 0.3 is 0 Å². The fraction of sp³-hybridized carbons (Fsp3) is 0.417. The lowest BCUT2D eigenvalue weighted by molar-refractivity contribution is 0.547. The van der Waals surface area contributed by atoms with E-state index in [1.54, 1.807) is 0 Å². The van der Waals surface area contributed by atoms with Crippen LogP contribution in [0.5, 0.6) is 0 Å². The minimum atomic E-state index is -3.52. The van der Waals surface area contributed by atoms with E-state index in [1.807, 2.05) is 6.07 Å². The Morgan fingerprint density at radius 2 is 2.11 bits per heavy atom. The Labute approximate surface area is 110 Å². The second-order valence-corrected chi connectivity index (χ2v) is 7.07. The first-order valence-electron chi connectivity index (χ1n) is 5.43. The van der Waals surface area contributed by atoms with Crippen LogP contribution in [0.2, 0.25) is 5.02 Å². The second-order valence-electron chi connectivity index (χ2n) is 4.67. The molecule has 0 atom stereocenters. The Hall–Kier alpha value is -1.12. The highest BCUT2D eigenvalue weighted by atomic mass is 35.5. The number of nitriles is 1. The molecule has 1 aliphatic rings. The summed E-state index contributed by atoms with van der Waals surface area (Å²) in [6, 6.07) is 5.38. The molecule has 0 saturated heterocycles. The summed E-state index contributed by atoms with van der Waals surface area (Å²) in [4.78, 5) is 0.0121. The van der Waals surface area contributed by atoms with Crippen LogP contribution in [-0.4, -0.2) is 14.2 Å². The summed E-state index contributed by atoms with van der Waals surface area (Å²) in [6.07, 6.45) is 1.73. The Balaban J connectivity index is 2.26. The van der Waals surface area contributed by atoms with E-state index in [2.05, 4.69) is 0 Å². The first kappa shape index (κ1) is 13.3. The van der Waals surface area contributed by atoms with Gasteiger partial charge in [-0.3, -0.25) is 0 Å². The minimum Gasteiger partial charge on any atom is -0.224 e. The first-order chi connectivity index (χ1) is 8.38. The molecule has 0 bridgehead atoms.